The number of rotatable bonds is 5. The van der Waals surface area contributed by atoms with E-state index in [1.54, 1.807) is 12.1 Å². The molecule has 2 aromatic rings. The molecular formula is C16H15N3O2. The van der Waals surface area contributed by atoms with Gasteiger partial charge in [0.05, 0.1) is 12.1 Å². The van der Waals surface area contributed by atoms with E-state index in [4.69, 9.17) is 0 Å². The number of hydrogen-bond donors (Lipinski definition) is 1. The molecule has 1 N–H and O–H groups in total. The molecule has 106 valence electrons. The van der Waals surface area contributed by atoms with E-state index >= 15 is 0 Å². The van der Waals surface area contributed by atoms with E-state index in [1.807, 2.05) is 30.3 Å². The molecule has 0 bridgehead atoms. The van der Waals surface area contributed by atoms with Gasteiger partial charge in [0.1, 0.15) is 5.78 Å². The van der Waals surface area contributed by atoms with Crippen molar-refractivity contribution in [1.29, 1.82) is 0 Å². The molecule has 0 unspecified atom stereocenters. The third-order valence-electron chi connectivity index (χ3n) is 2.76. The van der Waals surface area contributed by atoms with Crippen molar-refractivity contribution in [3.63, 3.8) is 0 Å². The maximum atomic E-state index is 11.9. The fourth-order valence-corrected chi connectivity index (χ4v) is 1.76. The number of carbonyl (C=O) groups excluding carboxylic acids is 2. The maximum absolute atomic E-state index is 11.9. The highest BCUT2D eigenvalue weighted by molar-refractivity contribution is 6.11. The Bertz CT molecular complexity index is 652. The molecule has 0 radical (unpaired) electrons. The van der Waals surface area contributed by atoms with Crippen LogP contribution in [0.1, 0.15) is 29.3 Å². The molecule has 0 aliphatic carbocycles. The summed E-state index contributed by atoms with van der Waals surface area (Å²) in [6, 6.07) is 12.5. The Morgan fingerprint density at radius 3 is 2.33 bits per heavy atom. The van der Waals surface area contributed by atoms with Crippen LogP contribution < -0.4 is 5.43 Å². The van der Waals surface area contributed by atoms with E-state index in [2.05, 4.69) is 15.5 Å². The number of hydrazone groups is 1. The number of nitrogens with zero attached hydrogens (tertiary/aromatic N) is 2. The minimum absolute atomic E-state index is 0.0178. The van der Waals surface area contributed by atoms with Crippen LogP contribution in [0, 0.1) is 0 Å². The Morgan fingerprint density at radius 2 is 1.71 bits per heavy atom. The fraction of sp³-hybridized carbons (Fsp3) is 0.125. The van der Waals surface area contributed by atoms with Crippen LogP contribution in [0.15, 0.2) is 60.0 Å². The first-order valence-corrected chi connectivity index (χ1v) is 6.48. The topological polar surface area (TPSA) is 71.4 Å². The summed E-state index contributed by atoms with van der Waals surface area (Å²) in [5, 5.41) is 4.09. The Labute approximate surface area is 122 Å². The zero-order valence-electron chi connectivity index (χ0n) is 11.6. The SMILES string of the molecule is CC(=O)CC(=NNC(=O)c1ccncc1)c1ccccc1. The molecule has 1 heterocycles. The van der Waals surface area contributed by atoms with Crippen molar-refractivity contribution < 1.29 is 9.59 Å². The van der Waals surface area contributed by atoms with E-state index in [9.17, 15) is 9.59 Å². The van der Waals surface area contributed by atoms with E-state index in [0.29, 0.717) is 11.3 Å². The van der Waals surface area contributed by atoms with Crippen molar-refractivity contribution in [2.24, 2.45) is 5.10 Å². The van der Waals surface area contributed by atoms with E-state index in [1.165, 1.54) is 19.3 Å². The molecule has 0 fully saturated rings. The number of aromatic nitrogens is 1. The average molecular weight is 281 g/mol. The number of benzene rings is 1. The molecule has 21 heavy (non-hydrogen) atoms. The van der Waals surface area contributed by atoms with Crippen molar-refractivity contribution in [3.05, 3.63) is 66.0 Å². The van der Waals surface area contributed by atoms with Gasteiger partial charge < -0.3 is 0 Å². The van der Waals surface area contributed by atoms with Gasteiger partial charge >= 0.3 is 0 Å². The van der Waals surface area contributed by atoms with Crippen molar-refractivity contribution in [2.45, 2.75) is 13.3 Å². The molecule has 5 heteroatoms. The number of ketones is 1. The minimum Gasteiger partial charge on any atom is -0.300 e. The summed E-state index contributed by atoms with van der Waals surface area (Å²) in [5.41, 5.74) is 4.27. The molecule has 0 atom stereocenters. The smallest absolute Gasteiger partial charge is 0.271 e. The highest BCUT2D eigenvalue weighted by atomic mass is 16.2. The summed E-state index contributed by atoms with van der Waals surface area (Å²) in [6.45, 7) is 1.49. The maximum Gasteiger partial charge on any atom is 0.271 e. The van der Waals surface area contributed by atoms with Crippen LogP contribution in [0.25, 0.3) is 0 Å². The molecule has 0 saturated carbocycles. The highest BCUT2D eigenvalue weighted by Gasteiger charge is 2.08. The van der Waals surface area contributed by atoms with Crippen molar-refractivity contribution in [2.75, 3.05) is 0 Å². The van der Waals surface area contributed by atoms with E-state index in [0.717, 1.165) is 5.56 Å². The third kappa shape index (κ3) is 4.35. The number of nitrogens with one attached hydrogen (secondary N) is 1. The molecule has 5 nitrogen and oxygen atoms in total. The minimum atomic E-state index is -0.339. The van der Waals surface area contributed by atoms with Gasteiger partial charge in [0.25, 0.3) is 5.91 Å². The summed E-state index contributed by atoms with van der Waals surface area (Å²) in [4.78, 5) is 27.1. The first-order valence-electron chi connectivity index (χ1n) is 6.48. The zero-order chi connectivity index (χ0) is 15.1. The average Bonchev–Trinajstić information content (AvgIpc) is 2.52. The fourth-order valence-electron chi connectivity index (χ4n) is 1.76. The number of carbonyl (C=O) groups is 2. The normalized spacial score (nSPS) is 11.0. The summed E-state index contributed by atoms with van der Waals surface area (Å²) in [7, 11) is 0. The Kier molecular flexibility index (Phi) is 4.93. The van der Waals surface area contributed by atoms with Crippen molar-refractivity contribution in [3.8, 4) is 0 Å². The highest BCUT2D eigenvalue weighted by Crippen LogP contribution is 2.05. The van der Waals surface area contributed by atoms with Gasteiger partial charge in [0.2, 0.25) is 0 Å². The monoisotopic (exact) mass is 281 g/mol. The van der Waals surface area contributed by atoms with Crippen LogP contribution in [-0.4, -0.2) is 22.4 Å². The molecule has 0 aliphatic rings. The molecule has 1 amide bonds. The Hall–Kier alpha value is -2.82. The van der Waals surface area contributed by atoms with Gasteiger partial charge in [-0.3, -0.25) is 14.6 Å². The molecule has 1 aromatic heterocycles. The molecular weight excluding hydrogens is 266 g/mol. The number of pyridine rings is 1. The van der Waals surface area contributed by atoms with Crippen LogP contribution in [0.5, 0.6) is 0 Å². The van der Waals surface area contributed by atoms with Crippen LogP contribution in [0.3, 0.4) is 0 Å². The predicted molar refractivity (Wildman–Crippen MR) is 80.0 cm³/mol. The van der Waals surface area contributed by atoms with Gasteiger partial charge in [-0.1, -0.05) is 30.3 Å². The lowest BCUT2D eigenvalue weighted by atomic mass is 10.1. The lowest BCUT2D eigenvalue weighted by molar-refractivity contribution is -0.115. The molecule has 1 aromatic carbocycles. The number of Topliss-reactive ketones (excluding diaryl/α,β-unsaturated/α-hetero) is 1. The summed E-state index contributed by atoms with van der Waals surface area (Å²) in [5.74, 6) is -0.356. The second-order valence-electron chi connectivity index (χ2n) is 4.48. The van der Waals surface area contributed by atoms with E-state index in [-0.39, 0.29) is 18.1 Å². The van der Waals surface area contributed by atoms with Crippen LogP contribution >= 0.6 is 0 Å². The van der Waals surface area contributed by atoms with Crippen LogP contribution in [0.2, 0.25) is 0 Å². The molecule has 0 saturated heterocycles. The first kappa shape index (κ1) is 14.6. The van der Waals surface area contributed by atoms with Crippen LogP contribution in [-0.2, 0) is 4.79 Å². The summed E-state index contributed by atoms with van der Waals surface area (Å²) in [6.07, 6.45) is 3.24. The second-order valence-corrected chi connectivity index (χ2v) is 4.48. The number of hydrogen-bond acceptors (Lipinski definition) is 4. The quantitative estimate of drug-likeness (QED) is 0.674. The summed E-state index contributed by atoms with van der Waals surface area (Å²) >= 11 is 0. The third-order valence-corrected chi connectivity index (χ3v) is 2.76. The standard InChI is InChI=1S/C16H15N3O2/c1-12(20)11-15(13-5-3-2-4-6-13)18-19-16(21)14-7-9-17-10-8-14/h2-10H,11H2,1H3,(H,19,21). The lowest BCUT2D eigenvalue weighted by Gasteiger charge is -2.06. The lowest BCUT2D eigenvalue weighted by Crippen LogP contribution is -2.21. The van der Waals surface area contributed by atoms with Crippen LogP contribution in [0.4, 0.5) is 0 Å². The molecule has 0 spiro atoms. The van der Waals surface area contributed by atoms with Gasteiger partial charge in [-0.05, 0) is 24.6 Å². The second kappa shape index (κ2) is 7.09. The Balaban J connectivity index is 2.17. The summed E-state index contributed by atoms with van der Waals surface area (Å²) < 4.78 is 0. The predicted octanol–water partition coefficient (Wildman–Crippen LogP) is 2.19. The molecule has 0 aliphatic heterocycles. The number of amides is 1. The van der Waals surface area contributed by atoms with Gasteiger partial charge in [0.15, 0.2) is 0 Å². The zero-order valence-corrected chi connectivity index (χ0v) is 11.6. The van der Waals surface area contributed by atoms with E-state index < -0.39 is 0 Å². The Morgan fingerprint density at radius 1 is 1.05 bits per heavy atom. The van der Waals surface area contributed by atoms with Gasteiger partial charge in [-0.2, -0.15) is 5.10 Å². The largest absolute Gasteiger partial charge is 0.300 e. The van der Waals surface area contributed by atoms with Gasteiger partial charge in [-0.15, -0.1) is 0 Å². The van der Waals surface area contributed by atoms with Gasteiger partial charge in [0, 0.05) is 18.0 Å². The van der Waals surface area contributed by atoms with Crippen molar-refractivity contribution in [1.82, 2.24) is 10.4 Å². The van der Waals surface area contributed by atoms with Crippen molar-refractivity contribution >= 4 is 17.4 Å². The molecule has 2 rings (SSSR count). The van der Waals surface area contributed by atoms with Gasteiger partial charge in [-0.25, -0.2) is 5.43 Å². The first-order chi connectivity index (χ1) is 10.2.